The topological polar surface area (TPSA) is 69.2 Å². The number of nitrogen functional groups attached to an aromatic ring is 1. The van der Waals surface area contributed by atoms with E-state index in [4.69, 9.17) is 17.3 Å². The van der Waals surface area contributed by atoms with Crippen LogP contribution in [-0.4, -0.2) is 10.8 Å². The van der Waals surface area contributed by atoms with E-state index in [1.54, 1.807) is 12.1 Å². The zero-order valence-electron chi connectivity index (χ0n) is 8.02. The van der Waals surface area contributed by atoms with Crippen molar-refractivity contribution in [2.24, 2.45) is 0 Å². The summed E-state index contributed by atoms with van der Waals surface area (Å²) in [7, 11) is 0. The van der Waals surface area contributed by atoms with E-state index < -0.39 is 4.92 Å². The lowest BCUT2D eigenvalue weighted by Crippen LogP contribution is -1.95. The highest BCUT2D eigenvalue weighted by Gasteiger charge is 2.09. The number of halogens is 1. The molecule has 0 spiro atoms. The summed E-state index contributed by atoms with van der Waals surface area (Å²) in [6.07, 6.45) is 4.49. The van der Waals surface area contributed by atoms with Crippen LogP contribution < -0.4 is 5.73 Å². The summed E-state index contributed by atoms with van der Waals surface area (Å²) in [5.74, 6) is 0.555. The third-order valence-electron chi connectivity index (χ3n) is 1.83. The molecule has 0 aliphatic heterocycles. The van der Waals surface area contributed by atoms with Crippen LogP contribution in [0.25, 0.3) is 6.08 Å². The number of nitro groups is 1. The van der Waals surface area contributed by atoms with Crippen molar-refractivity contribution in [3.63, 3.8) is 0 Å². The van der Waals surface area contributed by atoms with Crippen molar-refractivity contribution in [3.8, 4) is 0 Å². The van der Waals surface area contributed by atoms with Crippen molar-refractivity contribution >= 4 is 29.1 Å². The van der Waals surface area contributed by atoms with Gasteiger partial charge in [-0.15, -0.1) is 11.6 Å². The quantitative estimate of drug-likeness (QED) is 0.371. The van der Waals surface area contributed by atoms with Gasteiger partial charge in [0.25, 0.3) is 5.69 Å². The molecule has 4 nitrogen and oxygen atoms in total. The highest BCUT2D eigenvalue weighted by molar-refractivity contribution is 6.17. The zero-order chi connectivity index (χ0) is 11.3. The molecule has 1 rings (SSSR count). The molecule has 0 bridgehead atoms. The first-order valence-electron chi connectivity index (χ1n) is 4.41. The number of rotatable bonds is 4. The van der Waals surface area contributed by atoms with Crippen molar-refractivity contribution in [1.82, 2.24) is 0 Å². The van der Waals surface area contributed by atoms with Crippen LogP contribution >= 0.6 is 11.6 Å². The van der Waals surface area contributed by atoms with E-state index in [0.717, 1.165) is 12.0 Å². The molecule has 0 aliphatic rings. The Bertz CT molecular complexity index is 391. The van der Waals surface area contributed by atoms with E-state index in [9.17, 15) is 10.1 Å². The number of benzene rings is 1. The first kappa shape index (κ1) is 11.5. The molecular weight excluding hydrogens is 216 g/mol. The van der Waals surface area contributed by atoms with Gasteiger partial charge in [0.1, 0.15) is 5.69 Å². The number of nitro benzene ring substituents is 1. The maximum atomic E-state index is 10.5. The van der Waals surface area contributed by atoms with Crippen molar-refractivity contribution in [1.29, 1.82) is 0 Å². The van der Waals surface area contributed by atoms with Crippen LogP contribution in [0.3, 0.4) is 0 Å². The average molecular weight is 227 g/mol. The predicted octanol–water partition coefficient (Wildman–Crippen LogP) is 2.82. The van der Waals surface area contributed by atoms with Crippen molar-refractivity contribution in [3.05, 3.63) is 40.0 Å². The van der Waals surface area contributed by atoms with Crippen LogP contribution in [-0.2, 0) is 0 Å². The predicted molar refractivity (Wildman–Crippen MR) is 61.9 cm³/mol. The van der Waals surface area contributed by atoms with Gasteiger partial charge in [-0.1, -0.05) is 12.2 Å². The van der Waals surface area contributed by atoms with Crippen molar-refractivity contribution < 1.29 is 4.92 Å². The summed E-state index contributed by atoms with van der Waals surface area (Å²) >= 11 is 5.50. The lowest BCUT2D eigenvalue weighted by Gasteiger charge is -1.98. The molecule has 0 unspecified atom stereocenters. The Labute approximate surface area is 92.5 Å². The number of nitrogens with two attached hydrogens (primary N) is 1. The average Bonchev–Trinajstić information content (AvgIpc) is 2.17. The normalized spacial score (nSPS) is 10.7. The molecule has 0 fully saturated rings. The van der Waals surface area contributed by atoms with Gasteiger partial charge in [-0.05, 0) is 24.1 Å². The van der Waals surface area contributed by atoms with Crippen LogP contribution in [0.5, 0.6) is 0 Å². The fourth-order valence-corrected chi connectivity index (χ4v) is 1.25. The number of allylic oxidation sites excluding steroid dienone is 1. The van der Waals surface area contributed by atoms with Gasteiger partial charge < -0.3 is 5.73 Å². The van der Waals surface area contributed by atoms with Crippen LogP contribution in [0, 0.1) is 10.1 Å². The Morgan fingerprint density at radius 1 is 1.53 bits per heavy atom. The molecule has 15 heavy (non-hydrogen) atoms. The van der Waals surface area contributed by atoms with Gasteiger partial charge in [-0.25, -0.2) is 0 Å². The fraction of sp³-hybridized carbons (Fsp3) is 0.200. The van der Waals surface area contributed by atoms with Gasteiger partial charge in [0.2, 0.25) is 0 Å². The summed E-state index contributed by atoms with van der Waals surface area (Å²) in [5.41, 5.74) is 6.47. The van der Waals surface area contributed by atoms with E-state index in [1.807, 2.05) is 12.2 Å². The number of nitrogens with zero attached hydrogens (tertiary/aromatic N) is 1. The number of alkyl halides is 1. The number of hydrogen-bond acceptors (Lipinski definition) is 3. The van der Waals surface area contributed by atoms with Crippen molar-refractivity contribution in [2.75, 3.05) is 11.6 Å². The summed E-state index contributed by atoms with van der Waals surface area (Å²) in [6, 6.07) is 4.62. The Morgan fingerprint density at radius 3 is 2.80 bits per heavy atom. The summed E-state index contributed by atoms with van der Waals surface area (Å²) < 4.78 is 0. The summed E-state index contributed by atoms with van der Waals surface area (Å²) in [4.78, 5) is 9.99. The molecular formula is C10H11ClN2O2. The Morgan fingerprint density at radius 2 is 2.27 bits per heavy atom. The van der Waals surface area contributed by atoms with Gasteiger partial charge >= 0.3 is 0 Å². The Kier molecular flexibility index (Phi) is 4.12. The van der Waals surface area contributed by atoms with Gasteiger partial charge in [-0.3, -0.25) is 10.1 Å². The second kappa shape index (κ2) is 5.36. The minimum Gasteiger partial charge on any atom is -0.393 e. The molecule has 0 saturated carbocycles. The zero-order valence-corrected chi connectivity index (χ0v) is 8.78. The largest absolute Gasteiger partial charge is 0.393 e. The van der Waals surface area contributed by atoms with Gasteiger partial charge in [0.15, 0.2) is 0 Å². The first-order chi connectivity index (χ1) is 7.15. The Hall–Kier alpha value is -1.55. The van der Waals surface area contributed by atoms with Crippen molar-refractivity contribution in [2.45, 2.75) is 6.42 Å². The minimum atomic E-state index is -0.498. The number of anilines is 1. The lowest BCUT2D eigenvalue weighted by molar-refractivity contribution is -0.383. The molecule has 1 aromatic carbocycles. The fourth-order valence-electron chi connectivity index (χ4n) is 1.13. The van der Waals surface area contributed by atoms with Crippen LogP contribution in [0.15, 0.2) is 24.3 Å². The van der Waals surface area contributed by atoms with Gasteiger partial charge in [0, 0.05) is 11.9 Å². The summed E-state index contributed by atoms with van der Waals surface area (Å²) in [5, 5.41) is 10.5. The molecule has 0 radical (unpaired) electrons. The molecule has 0 amide bonds. The Balaban J connectivity index is 2.87. The molecule has 1 aromatic rings. The van der Waals surface area contributed by atoms with Crippen LogP contribution in [0.4, 0.5) is 11.4 Å². The molecule has 0 atom stereocenters. The highest BCUT2D eigenvalue weighted by atomic mass is 35.5. The molecule has 0 aliphatic carbocycles. The first-order valence-corrected chi connectivity index (χ1v) is 4.95. The SMILES string of the molecule is Nc1cc(C=CCCCl)ccc1[N+](=O)[O-]. The van der Waals surface area contributed by atoms with E-state index in [2.05, 4.69) is 0 Å². The highest BCUT2D eigenvalue weighted by Crippen LogP contribution is 2.22. The molecule has 5 heteroatoms. The standard InChI is InChI=1S/C10H11ClN2O2/c11-6-2-1-3-8-4-5-10(13(14)15)9(12)7-8/h1,3-5,7H,2,6,12H2. The molecule has 0 saturated heterocycles. The monoisotopic (exact) mass is 226 g/mol. The second-order valence-corrected chi connectivity index (χ2v) is 3.33. The number of hydrogen-bond donors (Lipinski definition) is 1. The van der Waals surface area contributed by atoms with E-state index in [0.29, 0.717) is 5.88 Å². The van der Waals surface area contributed by atoms with Crippen LogP contribution in [0.1, 0.15) is 12.0 Å². The molecule has 80 valence electrons. The van der Waals surface area contributed by atoms with E-state index in [-0.39, 0.29) is 11.4 Å². The molecule has 0 aromatic heterocycles. The third-order valence-corrected chi connectivity index (χ3v) is 2.05. The lowest BCUT2D eigenvalue weighted by atomic mass is 10.1. The van der Waals surface area contributed by atoms with Gasteiger partial charge in [0.05, 0.1) is 4.92 Å². The van der Waals surface area contributed by atoms with Gasteiger partial charge in [-0.2, -0.15) is 0 Å². The molecule has 0 heterocycles. The third kappa shape index (κ3) is 3.25. The summed E-state index contributed by atoms with van der Waals surface area (Å²) in [6.45, 7) is 0. The maximum absolute atomic E-state index is 10.5. The second-order valence-electron chi connectivity index (χ2n) is 2.96. The molecule has 2 N–H and O–H groups in total. The smallest absolute Gasteiger partial charge is 0.292 e. The van der Waals surface area contributed by atoms with E-state index >= 15 is 0 Å². The van der Waals surface area contributed by atoms with E-state index in [1.165, 1.54) is 6.07 Å². The minimum absolute atomic E-state index is 0.0653. The van der Waals surface area contributed by atoms with Crippen LogP contribution in [0.2, 0.25) is 0 Å². The maximum Gasteiger partial charge on any atom is 0.292 e.